The second-order valence-electron chi connectivity index (χ2n) is 14.0. The zero-order valence-electron chi connectivity index (χ0n) is 28.3. The third-order valence-corrected chi connectivity index (χ3v) is 11.7. The fourth-order valence-electron chi connectivity index (χ4n) is 7.83. The molecular formula is C47H38N2S. The molecule has 0 aliphatic heterocycles. The lowest BCUT2D eigenvalue weighted by Crippen LogP contribution is -2.27. The molecule has 0 saturated heterocycles. The maximum absolute atomic E-state index is 6.76. The molecule has 1 aliphatic carbocycles. The summed E-state index contributed by atoms with van der Waals surface area (Å²) in [6, 6.07) is 55.1. The van der Waals surface area contributed by atoms with Crippen LogP contribution in [0.5, 0.6) is 0 Å². The number of benzene rings is 7. The van der Waals surface area contributed by atoms with Crippen molar-refractivity contribution < 1.29 is 0 Å². The predicted octanol–water partition coefficient (Wildman–Crippen LogP) is 12.0. The van der Waals surface area contributed by atoms with Gasteiger partial charge in [0.2, 0.25) is 0 Å². The highest BCUT2D eigenvalue weighted by Crippen LogP contribution is 2.53. The van der Waals surface area contributed by atoms with E-state index in [1.54, 1.807) is 0 Å². The van der Waals surface area contributed by atoms with Crippen LogP contribution >= 0.6 is 11.3 Å². The van der Waals surface area contributed by atoms with E-state index < -0.39 is 0 Å². The van der Waals surface area contributed by atoms with Gasteiger partial charge in [-0.3, -0.25) is 0 Å². The third kappa shape index (κ3) is 5.22. The number of hydrogen-bond donors (Lipinski definition) is 2. The van der Waals surface area contributed by atoms with Gasteiger partial charge in [-0.25, -0.2) is 0 Å². The van der Waals surface area contributed by atoms with Crippen LogP contribution in [-0.2, 0) is 11.8 Å². The molecule has 0 saturated carbocycles. The minimum atomic E-state index is -0.335. The lowest BCUT2D eigenvalue weighted by molar-refractivity contribution is 0.661. The Balaban J connectivity index is 1.08. The van der Waals surface area contributed by atoms with Crippen LogP contribution in [0.4, 0.5) is 0 Å². The maximum Gasteiger partial charge on any atom is 0.101 e. The summed E-state index contributed by atoms with van der Waals surface area (Å²) >= 11 is 1.86. The van der Waals surface area contributed by atoms with E-state index in [9.17, 15) is 0 Å². The average molecular weight is 663 g/mol. The van der Waals surface area contributed by atoms with Crippen molar-refractivity contribution in [2.75, 3.05) is 0 Å². The molecule has 1 heterocycles. The van der Waals surface area contributed by atoms with Gasteiger partial charge in [-0.1, -0.05) is 147 Å². The molecule has 0 fully saturated rings. The fourth-order valence-corrected chi connectivity index (χ4v) is 9.00. The molecule has 7 aromatic carbocycles. The molecule has 1 unspecified atom stereocenters. The molecule has 0 spiro atoms. The van der Waals surface area contributed by atoms with Crippen LogP contribution in [0.1, 0.15) is 47.8 Å². The van der Waals surface area contributed by atoms with Crippen LogP contribution in [0.25, 0.3) is 58.9 Å². The lowest BCUT2D eigenvalue weighted by atomic mass is 9.81. The van der Waals surface area contributed by atoms with Crippen LogP contribution < -0.4 is 11.1 Å². The van der Waals surface area contributed by atoms with Gasteiger partial charge in [0.1, 0.15) is 6.17 Å². The molecule has 0 radical (unpaired) electrons. The normalized spacial score (nSPS) is 14.2. The molecular weight excluding hydrogens is 625 g/mol. The van der Waals surface area contributed by atoms with Gasteiger partial charge in [0.05, 0.1) is 0 Å². The number of hydrogen-bond acceptors (Lipinski definition) is 3. The van der Waals surface area contributed by atoms with E-state index in [0.717, 1.165) is 23.2 Å². The first kappa shape index (κ1) is 30.6. The van der Waals surface area contributed by atoms with Gasteiger partial charge in [0.25, 0.3) is 0 Å². The standard InChI is InChI=1S/C47H38N2S/c1-47(2)40-17-10-16-36(45(40)39-28-34-13-6-7-14-35(34)29-41(39)47)31-21-23-32(24-22-31)42(49-46(48)33-11-4-3-5-12-33)26-20-30-19-25-38-37-15-8-9-18-43(37)50-44(38)27-30/h3-19,21-29,46,49H,20,48H2,1-2H3/b42-26-. The van der Waals surface area contributed by atoms with Crippen molar-refractivity contribution in [3.63, 3.8) is 0 Å². The second kappa shape index (κ2) is 12.1. The molecule has 0 bridgehead atoms. The predicted molar refractivity (Wildman–Crippen MR) is 214 cm³/mol. The molecule has 1 aliphatic rings. The van der Waals surface area contributed by atoms with Crippen molar-refractivity contribution in [3.8, 4) is 22.3 Å². The van der Waals surface area contributed by atoms with Crippen LogP contribution in [0.3, 0.4) is 0 Å². The summed E-state index contributed by atoms with van der Waals surface area (Å²) < 4.78 is 2.65. The zero-order valence-corrected chi connectivity index (χ0v) is 29.1. The van der Waals surface area contributed by atoms with Gasteiger partial charge in [-0.2, -0.15) is 0 Å². The Morgan fingerprint density at radius 3 is 2.20 bits per heavy atom. The Kier molecular flexibility index (Phi) is 7.42. The number of nitrogens with one attached hydrogen (secondary N) is 1. The topological polar surface area (TPSA) is 38.0 Å². The minimum Gasteiger partial charge on any atom is -0.366 e. The van der Waals surface area contributed by atoms with Crippen LogP contribution in [-0.4, -0.2) is 0 Å². The van der Waals surface area contributed by atoms with Crippen LogP contribution in [0, 0.1) is 0 Å². The molecule has 2 nitrogen and oxygen atoms in total. The van der Waals surface area contributed by atoms with E-state index in [1.807, 2.05) is 29.5 Å². The van der Waals surface area contributed by atoms with Gasteiger partial charge in [-0.15, -0.1) is 11.3 Å². The first-order valence-corrected chi connectivity index (χ1v) is 18.2. The summed E-state index contributed by atoms with van der Waals surface area (Å²) in [5.74, 6) is 0. The minimum absolute atomic E-state index is 0.0725. The van der Waals surface area contributed by atoms with Crippen molar-refractivity contribution in [2.45, 2.75) is 31.8 Å². The van der Waals surface area contributed by atoms with Crippen LogP contribution in [0.15, 0.2) is 158 Å². The van der Waals surface area contributed by atoms with E-state index >= 15 is 0 Å². The second-order valence-corrected chi connectivity index (χ2v) is 15.0. The van der Waals surface area contributed by atoms with E-state index in [1.165, 1.54) is 69.9 Å². The highest BCUT2D eigenvalue weighted by molar-refractivity contribution is 7.25. The molecule has 1 aromatic heterocycles. The molecule has 8 aromatic rings. The SMILES string of the molecule is CC1(C)c2cc3ccccc3cc2-c2c(-c3ccc(/C(=C/Cc4ccc5c(c4)sc4ccccc45)NC(N)c4ccccc4)cc3)cccc21. The van der Waals surface area contributed by atoms with Crippen molar-refractivity contribution >= 4 is 48.0 Å². The summed E-state index contributed by atoms with van der Waals surface area (Å²) in [5.41, 5.74) is 19.1. The number of thiophene rings is 1. The summed E-state index contributed by atoms with van der Waals surface area (Å²) in [4.78, 5) is 0. The Morgan fingerprint density at radius 2 is 1.38 bits per heavy atom. The maximum atomic E-state index is 6.76. The summed E-state index contributed by atoms with van der Waals surface area (Å²) in [7, 11) is 0. The first-order chi connectivity index (χ1) is 24.4. The largest absolute Gasteiger partial charge is 0.366 e. The van der Waals surface area contributed by atoms with E-state index in [2.05, 4.69) is 159 Å². The first-order valence-electron chi connectivity index (χ1n) is 17.4. The van der Waals surface area contributed by atoms with E-state index in [0.29, 0.717) is 0 Å². The Bertz CT molecular complexity index is 2570. The van der Waals surface area contributed by atoms with E-state index in [4.69, 9.17) is 5.73 Å². The Labute approximate surface area is 297 Å². The molecule has 3 heteroatoms. The van der Waals surface area contributed by atoms with Crippen molar-refractivity contribution in [1.82, 2.24) is 5.32 Å². The monoisotopic (exact) mass is 662 g/mol. The highest BCUT2D eigenvalue weighted by Gasteiger charge is 2.37. The lowest BCUT2D eigenvalue weighted by Gasteiger charge is -2.22. The number of nitrogens with two attached hydrogens (primary N) is 1. The molecule has 9 rings (SSSR count). The van der Waals surface area contributed by atoms with Gasteiger partial charge in [0, 0.05) is 31.3 Å². The van der Waals surface area contributed by atoms with Gasteiger partial charge in [-0.05, 0) is 91.5 Å². The summed E-state index contributed by atoms with van der Waals surface area (Å²) in [6.07, 6.45) is 2.75. The average Bonchev–Trinajstić information content (AvgIpc) is 3.64. The highest BCUT2D eigenvalue weighted by atomic mass is 32.1. The Hall–Kier alpha value is -5.48. The van der Waals surface area contributed by atoms with Crippen LogP contribution in [0.2, 0.25) is 0 Å². The van der Waals surface area contributed by atoms with E-state index in [-0.39, 0.29) is 11.6 Å². The summed E-state index contributed by atoms with van der Waals surface area (Å²) in [5, 5.41) is 8.89. The van der Waals surface area contributed by atoms with Gasteiger partial charge in [0.15, 0.2) is 0 Å². The third-order valence-electron chi connectivity index (χ3n) is 10.5. The molecule has 1 atom stereocenters. The number of allylic oxidation sites excluding steroid dienone is 1. The van der Waals surface area contributed by atoms with Crippen molar-refractivity contribution in [2.24, 2.45) is 5.73 Å². The van der Waals surface area contributed by atoms with Gasteiger partial charge < -0.3 is 11.1 Å². The van der Waals surface area contributed by atoms with Crippen molar-refractivity contribution in [3.05, 3.63) is 186 Å². The smallest absolute Gasteiger partial charge is 0.101 e. The van der Waals surface area contributed by atoms with Gasteiger partial charge >= 0.3 is 0 Å². The molecule has 0 amide bonds. The number of fused-ring (bicyclic) bond motifs is 7. The molecule has 50 heavy (non-hydrogen) atoms. The Morgan fingerprint density at radius 1 is 0.660 bits per heavy atom. The molecule has 242 valence electrons. The number of rotatable bonds is 7. The zero-order chi connectivity index (χ0) is 33.8. The van der Waals surface area contributed by atoms with Crippen molar-refractivity contribution in [1.29, 1.82) is 0 Å². The quantitative estimate of drug-likeness (QED) is 0.167. The molecule has 3 N–H and O–H groups in total. The summed E-state index contributed by atoms with van der Waals surface area (Å²) in [6.45, 7) is 4.72. The fraction of sp³-hybridized carbons (Fsp3) is 0.106.